The zero-order chi connectivity index (χ0) is 49.2. The number of hydrogen-bond donors (Lipinski definition) is 0. The van der Waals surface area contributed by atoms with Crippen LogP contribution in [0.25, 0.3) is 33.3 Å². The number of carbonyl (C=O) groups is 2. The van der Waals surface area contributed by atoms with E-state index in [9.17, 15) is 18.0 Å². The Balaban J connectivity index is 0.000000229. The Labute approximate surface area is 435 Å². The Morgan fingerprint density at radius 3 is 2.17 bits per heavy atom. The van der Waals surface area contributed by atoms with Gasteiger partial charge < -0.3 is 23.8 Å². The fourth-order valence-electron chi connectivity index (χ4n) is 10.3. The van der Waals surface area contributed by atoms with Gasteiger partial charge in [-0.2, -0.15) is 8.42 Å². The first-order valence-electron chi connectivity index (χ1n) is 24.3. The highest BCUT2D eigenvalue weighted by molar-refractivity contribution is 7.85. The smallest absolute Gasteiger partial charge is 0.409 e. The van der Waals surface area contributed by atoms with Crippen molar-refractivity contribution in [3.05, 3.63) is 141 Å². The van der Waals surface area contributed by atoms with Gasteiger partial charge in [-0.3, -0.25) is 9.17 Å². The van der Waals surface area contributed by atoms with Gasteiger partial charge in [0.2, 0.25) is 0 Å². The van der Waals surface area contributed by atoms with Gasteiger partial charge in [0, 0.05) is 110 Å². The number of fused-ring (bicyclic) bond motifs is 4. The molecule has 3 aliphatic rings. The minimum atomic E-state index is -3.48. The van der Waals surface area contributed by atoms with Gasteiger partial charge >= 0.3 is 12.2 Å². The molecule has 1 unspecified atom stereocenters. The molecule has 13 nitrogen and oxygen atoms in total. The van der Waals surface area contributed by atoms with E-state index in [1.165, 1.54) is 21.9 Å². The van der Waals surface area contributed by atoms with Crippen molar-refractivity contribution in [3.8, 4) is 0 Å². The maximum absolute atomic E-state index is 12.3. The van der Waals surface area contributed by atoms with Gasteiger partial charge in [-0.15, -0.1) is 0 Å². The van der Waals surface area contributed by atoms with E-state index in [0.717, 1.165) is 95.2 Å². The SMILES string of the molecule is C.C.CCOC(=O)N1CCC(C2c3ccc(Cl)cc3C(CCCOS(C)(=O)=O)=Cc3cccnc32)CC1.CCOC(=O)N1CCC(c2c3ncccc3cc(CCCn3ccnc3)[c+]3cc(Cl)ccc23)CC1. The number of carbonyl (C=O) groups excluding carboxylic acids is 2. The lowest BCUT2D eigenvalue weighted by Gasteiger charge is -2.36. The number of aryl methyl sites for hydroxylation is 2. The first kappa shape index (κ1) is 55.6. The Hall–Kier alpha value is -5.67. The maximum atomic E-state index is 12.3. The van der Waals surface area contributed by atoms with E-state index in [2.05, 4.69) is 52.0 Å². The summed E-state index contributed by atoms with van der Waals surface area (Å²) in [5, 5.41) is 4.91. The minimum Gasteiger partial charge on any atom is -0.450 e. The molecule has 2 amide bonds. The van der Waals surface area contributed by atoms with Crippen LogP contribution < -0.4 is 0 Å². The Morgan fingerprint density at radius 2 is 1.49 bits per heavy atom. The number of pyridine rings is 2. The number of piperidine rings is 2. The van der Waals surface area contributed by atoms with Gasteiger partial charge in [-0.25, -0.2) is 19.6 Å². The zero-order valence-corrected chi connectivity index (χ0v) is 42.4. The molecule has 3 aromatic carbocycles. The van der Waals surface area contributed by atoms with Crippen LogP contribution in [0.1, 0.15) is 119 Å². The summed E-state index contributed by atoms with van der Waals surface area (Å²) in [6.45, 7) is 8.13. The van der Waals surface area contributed by atoms with Crippen LogP contribution in [0.15, 0.2) is 97.8 Å². The van der Waals surface area contributed by atoms with E-state index < -0.39 is 10.1 Å². The third-order valence-electron chi connectivity index (χ3n) is 13.5. The second-order valence-corrected chi connectivity index (χ2v) is 20.6. The fourth-order valence-corrected chi connectivity index (χ4v) is 11.1. The molecule has 2 fully saturated rings. The van der Waals surface area contributed by atoms with Crippen molar-refractivity contribution in [2.24, 2.45) is 5.92 Å². The second-order valence-electron chi connectivity index (χ2n) is 18.1. The number of amides is 2. The first-order valence-corrected chi connectivity index (χ1v) is 26.9. The lowest BCUT2D eigenvalue weighted by Crippen LogP contribution is -2.40. The summed E-state index contributed by atoms with van der Waals surface area (Å²) in [5.74, 6) is 0.660. The third kappa shape index (κ3) is 13.7. The van der Waals surface area contributed by atoms with Gasteiger partial charge in [0.15, 0.2) is 0 Å². The maximum Gasteiger partial charge on any atom is 0.409 e. The van der Waals surface area contributed by atoms with E-state index in [1.54, 1.807) is 4.90 Å². The van der Waals surface area contributed by atoms with Gasteiger partial charge in [-0.05, 0) is 141 Å². The molecule has 0 N–H and O–H groups in total. The number of rotatable bonds is 13. The number of halogens is 2. The highest BCUT2D eigenvalue weighted by Gasteiger charge is 2.36. The number of aromatic nitrogens is 4. The summed E-state index contributed by atoms with van der Waals surface area (Å²) >= 11 is 13.0. The van der Waals surface area contributed by atoms with E-state index >= 15 is 0 Å². The molecule has 0 radical (unpaired) electrons. The van der Waals surface area contributed by atoms with Crippen LogP contribution in [0.2, 0.25) is 10.0 Å². The van der Waals surface area contributed by atoms with Crippen molar-refractivity contribution in [1.82, 2.24) is 29.3 Å². The lowest BCUT2D eigenvalue weighted by atomic mass is 9.76. The number of ether oxygens (including phenoxy) is 2. The van der Waals surface area contributed by atoms with Gasteiger partial charge in [0.05, 0.1) is 54.4 Å². The summed E-state index contributed by atoms with van der Waals surface area (Å²) in [6, 6.07) is 22.7. The average molecular weight is 1040 g/mol. The molecular formula is C56H69Cl2N6O7S+. The molecule has 72 heavy (non-hydrogen) atoms. The molecule has 0 saturated carbocycles. The second kappa shape index (κ2) is 25.8. The number of imidazole rings is 1. The largest absolute Gasteiger partial charge is 0.450 e. The molecule has 9 rings (SSSR count). The summed E-state index contributed by atoms with van der Waals surface area (Å²) in [7, 11) is -3.48. The van der Waals surface area contributed by atoms with Crippen molar-refractivity contribution in [1.29, 1.82) is 0 Å². The molecule has 1 atom stereocenters. The van der Waals surface area contributed by atoms with Crippen molar-refractivity contribution < 1.29 is 31.7 Å². The van der Waals surface area contributed by atoms with Crippen molar-refractivity contribution >= 4 is 78.8 Å². The fraction of sp³-hybridized carbons (Fsp3) is 0.429. The van der Waals surface area contributed by atoms with Crippen LogP contribution in [0.3, 0.4) is 0 Å². The molecule has 3 aromatic heterocycles. The summed E-state index contributed by atoms with van der Waals surface area (Å²) in [6.07, 6.45) is 18.7. The van der Waals surface area contributed by atoms with Crippen molar-refractivity contribution in [2.45, 2.75) is 98.4 Å². The predicted molar refractivity (Wildman–Crippen MR) is 290 cm³/mol. The van der Waals surface area contributed by atoms with Gasteiger partial charge in [-0.1, -0.05) is 38.6 Å². The number of allylic oxidation sites excluding steroid dienone is 1. The van der Waals surface area contributed by atoms with E-state index in [0.29, 0.717) is 69.1 Å². The van der Waals surface area contributed by atoms with Crippen molar-refractivity contribution in [3.63, 3.8) is 0 Å². The highest BCUT2D eigenvalue weighted by atomic mass is 35.5. The van der Waals surface area contributed by atoms with Gasteiger partial charge in [0.25, 0.3) is 10.1 Å². The van der Waals surface area contributed by atoms with Crippen LogP contribution in [0, 0.1) is 5.92 Å². The topological polar surface area (TPSA) is 146 Å². The average Bonchev–Trinajstić information content (AvgIpc) is 3.79. The number of likely N-dealkylation sites (tertiary alicyclic amines) is 2. The molecule has 384 valence electrons. The minimum absolute atomic E-state index is 0. The molecular weight excluding hydrogens is 972 g/mol. The molecule has 5 heterocycles. The van der Waals surface area contributed by atoms with Crippen molar-refractivity contribution in [2.75, 3.05) is 52.3 Å². The summed E-state index contributed by atoms with van der Waals surface area (Å²) < 4.78 is 40.2. The van der Waals surface area contributed by atoms with E-state index in [-0.39, 0.29) is 39.6 Å². The molecule has 0 bridgehead atoms. The third-order valence-corrected chi connectivity index (χ3v) is 14.6. The number of benzene rings is 2. The van der Waals surface area contributed by atoms with Gasteiger partial charge in [0.1, 0.15) is 10.5 Å². The summed E-state index contributed by atoms with van der Waals surface area (Å²) in [4.78, 5) is 41.9. The van der Waals surface area contributed by atoms with E-state index in [4.69, 9.17) is 46.8 Å². The predicted octanol–water partition coefficient (Wildman–Crippen LogP) is 13.1. The summed E-state index contributed by atoms with van der Waals surface area (Å²) in [5.41, 5.74) is 8.96. The van der Waals surface area contributed by atoms with Crippen LogP contribution in [-0.4, -0.2) is 102 Å². The Kier molecular flexibility index (Phi) is 20.0. The molecule has 2 saturated heterocycles. The molecule has 0 spiro atoms. The number of nitrogens with zero attached hydrogens (tertiary/aromatic N) is 6. The van der Waals surface area contributed by atoms with Crippen LogP contribution in [0.5, 0.6) is 0 Å². The van der Waals surface area contributed by atoms with E-state index in [1.807, 2.05) is 80.2 Å². The molecule has 6 aromatic rings. The molecule has 1 aliphatic carbocycles. The normalized spacial score (nSPS) is 16.0. The van der Waals surface area contributed by atoms with Crippen LogP contribution in [0.4, 0.5) is 9.59 Å². The highest BCUT2D eigenvalue weighted by Crippen LogP contribution is 2.46. The monoisotopic (exact) mass is 1040 g/mol. The first-order chi connectivity index (χ1) is 33.9. The lowest BCUT2D eigenvalue weighted by molar-refractivity contribution is 0.0899. The Bertz CT molecular complexity index is 2940. The molecule has 2 aliphatic heterocycles. The molecule has 16 heteroatoms. The quantitative estimate of drug-likeness (QED) is 0.0622. The van der Waals surface area contributed by atoms with Crippen LogP contribution >= 0.6 is 23.2 Å². The number of hydrogen-bond acceptors (Lipinski definition) is 10. The zero-order valence-electron chi connectivity index (χ0n) is 40.1. The standard InChI is InChI=1S/C28H30ClN4O2.C26H31ClN2O5S.2CH4/c1-2-35-28(34)33-14-9-20(10-15-33)26-24-8-7-23(29)18-25(24)21(6-4-13-32-16-12-30-19-32)17-22-5-3-11-31-27(22)26;1-3-33-26(30)29-13-10-18(11-14-29)24-22-9-8-21(27)17-23(22)19(7-5-15-34-35(2,31)32)16-20-6-4-12-28-25(20)24;;/h3,5,7-8,11-12,16-20H,2,4,6,9-10,13-15H2,1H3;4,6,8-9,12,16-18,24H,3,5,7,10-11,13-15H2,1-2H3;2*1H4/q+1;;;. The van der Waals surface area contributed by atoms with Crippen LogP contribution in [-0.2, 0) is 36.7 Å². The Morgan fingerprint density at radius 1 is 0.806 bits per heavy atom.